The van der Waals surface area contributed by atoms with Crippen LogP contribution in [-0.2, 0) is 4.79 Å². The Morgan fingerprint density at radius 1 is 1.17 bits per heavy atom. The summed E-state index contributed by atoms with van der Waals surface area (Å²) < 4.78 is 0.983. The highest BCUT2D eigenvalue weighted by molar-refractivity contribution is 14.0. The number of hydrogen-bond acceptors (Lipinski definition) is 3. The highest BCUT2D eigenvalue weighted by Gasteiger charge is 2.13. The van der Waals surface area contributed by atoms with Gasteiger partial charge in [0.2, 0.25) is 0 Å². The monoisotopic (exact) mass is 437 g/mol. The molecule has 0 saturated heterocycles. The van der Waals surface area contributed by atoms with Crippen molar-refractivity contribution < 1.29 is 19.5 Å². The molecule has 0 amide bonds. The Labute approximate surface area is 158 Å². The second-order valence-corrected chi connectivity index (χ2v) is 5.77. The second kappa shape index (κ2) is 13.7. The van der Waals surface area contributed by atoms with Gasteiger partial charge in [0.05, 0.1) is 26.7 Å². The first-order chi connectivity index (χ1) is 10.4. The number of carbonyl (C=O) groups is 1. The van der Waals surface area contributed by atoms with E-state index in [0.29, 0.717) is 13.0 Å². The molecule has 0 aliphatic carbocycles. The Morgan fingerprint density at radius 2 is 1.70 bits per heavy atom. The molecule has 1 aromatic rings. The van der Waals surface area contributed by atoms with Gasteiger partial charge in [0.25, 0.3) is 0 Å². The summed E-state index contributed by atoms with van der Waals surface area (Å²) >= 11 is 0. The number of benzene rings is 1. The molecule has 0 saturated carbocycles. The van der Waals surface area contributed by atoms with Crippen molar-refractivity contribution in [3.8, 4) is 0 Å². The van der Waals surface area contributed by atoms with E-state index in [4.69, 9.17) is 5.11 Å². The van der Waals surface area contributed by atoms with Gasteiger partial charge in [-0.05, 0) is 25.8 Å². The first kappa shape index (κ1) is 24.6. The molecule has 0 aliphatic rings. The number of carbonyl (C=O) groups excluding carboxylic acids is 1. The fraction of sp³-hybridized carbons (Fsp3) is 0.611. The summed E-state index contributed by atoms with van der Waals surface area (Å²) in [7, 11) is 2.16. The summed E-state index contributed by atoms with van der Waals surface area (Å²) in [5, 5.41) is 19.4. The van der Waals surface area contributed by atoms with Crippen molar-refractivity contribution in [2.24, 2.45) is 0 Å². The Kier molecular flexibility index (Phi) is 14.7. The number of rotatable bonds is 8. The van der Waals surface area contributed by atoms with Gasteiger partial charge in [-0.25, -0.2) is 0 Å². The highest BCUT2D eigenvalue weighted by atomic mass is 127. The number of aliphatic hydroxyl groups is 1. The van der Waals surface area contributed by atoms with Crippen LogP contribution in [0.1, 0.15) is 45.1 Å². The molecule has 0 heterocycles. The lowest BCUT2D eigenvalue weighted by atomic mass is 9.95. The zero-order valence-electron chi connectivity index (χ0n) is 14.8. The van der Waals surface area contributed by atoms with Crippen LogP contribution in [0.5, 0.6) is 0 Å². The second-order valence-electron chi connectivity index (χ2n) is 5.77. The number of quaternary nitrogens is 1. The Morgan fingerprint density at radius 3 is 2.00 bits per heavy atom. The average Bonchev–Trinajstić information content (AvgIpc) is 2.54. The Balaban J connectivity index is 0. The normalized spacial score (nSPS) is 11.7. The van der Waals surface area contributed by atoms with Crippen LogP contribution in [0.3, 0.4) is 0 Å². The maximum absolute atomic E-state index is 10.8. The van der Waals surface area contributed by atoms with Gasteiger partial charge in [0.15, 0.2) is 0 Å². The number of nitrogens with zero attached hydrogens (tertiary/aromatic N) is 1. The molecular formula is C18H32INO3. The van der Waals surface area contributed by atoms with Gasteiger partial charge < -0.3 is 19.5 Å². The topological polar surface area (TPSA) is 60.4 Å². The van der Waals surface area contributed by atoms with E-state index in [9.17, 15) is 9.90 Å². The number of hydrogen-bond donors (Lipinski definition) is 1. The summed E-state index contributed by atoms with van der Waals surface area (Å²) in [6.07, 6.45) is 1.50. The minimum atomic E-state index is -0.979. The smallest absolute Gasteiger partial charge is 0.102 e. The molecule has 134 valence electrons. The summed E-state index contributed by atoms with van der Waals surface area (Å²) in [5.74, 6) is -1.43. The summed E-state index contributed by atoms with van der Waals surface area (Å²) in [6, 6.07) is 9.23. The van der Waals surface area contributed by atoms with Crippen LogP contribution in [-0.4, -0.2) is 48.8 Å². The van der Waals surface area contributed by atoms with Crippen LogP contribution < -0.4 is 5.11 Å². The van der Waals surface area contributed by atoms with Crippen LogP contribution in [0.2, 0.25) is 0 Å². The molecule has 4 nitrogen and oxygen atoms in total. The highest BCUT2D eigenvalue weighted by Crippen LogP contribution is 2.19. The SMILES string of the molecule is CCCC(C(=O)[O-])c1ccccc1.CC[N+](C)(CC)CCO.I. The van der Waals surface area contributed by atoms with Crippen LogP contribution >= 0.6 is 24.0 Å². The molecule has 23 heavy (non-hydrogen) atoms. The number of aliphatic hydroxyl groups excluding tert-OH is 1. The van der Waals surface area contributed by atoms with Crippen molar-refractivity contribution in [2.75, 3.05) is 33.3 Å². The fourth-order valence-electron chi connectivity index (χ4n) is 2.18. The van der Waals surface area contributed by atoms with E-state index in [-0.39, 0.29) is 24.0 Å². The van der Waals surface area contributed by atoms with Gasteiger partial charge in [-0.1, -0.05) is 43.7 Å². The maximum Gasteiger partial charge on any atom is 0.102 e. The van der Waals surface area contributed by atoms with Gasteiger partial charge in [-0.15, -0.1) is 24.0 Å². The molecule has 1 unspecified atom stereocenters. The van der Waals surface area contributed by atoms with Gasteiger partial charge in [0.1, 0.15) is 6.54 Å². The summed E-state index contributed by atoms with van der Waals surface area (Å²) in [6.45, 7) is 9.68. The van der Waals surface area contributed by atoms with Crippen LogP contribution in [0, 0.1) is 0 Å². The van der Waals surface area contributed by atoms with Crippen molar-refractivity contribution >= 4 is 29.9 Å². The molecule has 0 fully saturated rings. The molecule has 0 bridgehead atoms. The van der Waals surface area contributed by atoms with E-state index in [1.807, 2.05) is 37.3 Å². The first-order valence-corrected chi connectivity index (χ1v) is 8.14. The molecule has 0 aliphatic heterocycles. The number of likely N-dealkylation sites (N-methyl/N-ethyl adjacent to an activating group) is 1. The molecular weight excluding hydrogens is 405 g/mol. The summed E-state index contributed by atoms with van der Waals surface area (Å²) in [5.41, 5.74) is 0.837. The zero-order valence-corrected chi connectivity index (χ0v) is 17.2. The predicted octanol–water partition coefficient (Wildman–Crippen LogP) is 2.40. The lowest BCUT2D eigenvalue weighted by molar-refractivity contribution is -0.906. The minimum Gasteiger partial charge on any atom is -0.549 e. The number of carboxylic acids is 1. The number of aliphatic carboxylic acids is 1. The van der Waals surface area contributed by atoms with Crippen LogP contribution in [0.25, 0.3) is 0 Å². The van der Waals surface area contributed by atoms with E-state index in [1.165, 1.54) is 0 Å². The summed E-state index contributed by atoms with van der Waals surface area (Å²) in [4.78, 5) is 10.8. The van der Waals surface area contributed by atoms with E-state index >= 15 is 0 Å². The third kappa shape index (κ3) is 9.94. The molecule has 1 N–H and O–H groups in total. The molecule has 5 heteroatoms. The average molecular weight is 437 g/mol. The number of halogens is 1. The molecule has 1 aromatic carbocycles. The van der Waals surface area contributed by atoms with Crippen LogP contribution in [0.15, 0.2) is 30.3 Å². The van der Waals surface area contributed by atoms with Crippen LogP contribution in [0.4, 0.5) is 0 Å². The lowest BCUT2D eigenvalue weighted by Gasteiger charge is -2.31. The van der Waals surface area contributed by atoms with E-state index in [1.54, 1.807) is 0 Å². The van der Waals surface area contributed by atoms with Crippen molar-refractivity contribution in [1.82, 2.24) is 0 Å². The van der Waals surface area contributed by atoms with Gasteiger partial charge >= 0.3 is 0 Å². The molecule has 1 rings (SSSR count). The quantitative estimate of drug-likeness (QED) is 0.502. The van der Waals surface area contributed by atoms with Crippen molar-refractivity contribution in [3.63, 3.8) is 0 Å². The third-order valence-corrected chi connectivity index (χ3v) is 4.23. The van der Waals surface area contributed by atoms with E-state index in [2.05, 4.69) is 20.9 Å². The fourth-order valence-corrected chi connectivity index (χ4v) is 2.18. The number of carboxylic acid groups (broad SMARTS) is 1. The molecule has 0 radical (unpaired) electrons. The Bertz CT molecular complexity index is 408. The van der Waals surface area contributed by atoms with Crippen molar-refractivity contribution in [1.29, 1.82) is 0 Å². The molecule has 0 aromatic heterocycles. The van der Waals surface area contributed by atoms with Gasteiger partial charge in [0, 0.05) is 11.9 Å². The minimum absolute atomic E-state index is 0. The zero-order chi connectivity index (χ0) is 17.0. The lowest BCUT2D eigenvalue weighted by Crippen LogP contribution is -2.45. The largest absolute Gasteiger partial charge is 0.549 e. The Hall–Kier alpha value is -0.660. The van der Waals surface area contributed by atoms with E-state index < -0.39 is 11.9 Å². The first-order valence-electron chi connectivity index (χ1n) is 8.14. The maximum atomic E-state index is 10.8. The van der Waals surface area contributed by atoms with Gasteiger partial charge in [-0.2, -0.15) is 0 Å². The predicted molar refractivity (Wildman–Crippen MR) is 104 cm³/mol. The van der Waals surface area contributed by atoms with Crippen molar-refractivity contribution in [2.45, 2.75) is 39.5 Å². The molecule has 1 atom stereocenters. The molecule has 0 spiro atoms. The van der Waals surface area contributed by atoms with Gasteiger partial charge in [-0.3, -0.25) is 0 Å². The third-order valence-electron chi connectivity index (χ3n) is 4.23. The standard InChI is InChI=1S/C11H14O2.C7H18NO.HI/c1-2-6-10(11(12)13)9-7-4-3-5-8-9;1-4-8(3,5-2)6-7-9;/h3-5,7-8,10H,2,6H2,1H3,(H,12,13);9H,4-7H2,1-3H3;1H/q;+1;/p-1. The van der Waals surface area contributed by atoms with Crippen molar-refractivity contribution in [3.05, 3.63) is 35.9 Å². The van der Waals surface area contributed by atoms with E-state index in [0.717, 1.165) is 36.1 Å².